The van der Waals surface area contributed by atoms with Crippen LogP contribution in [0.5, 0.6) is 5.88 Å². The molecule has 2 aromatic heterocycles. The summed E-state index contributed by atoms with van der Waals surface area (Å²) in [6, 6.07) is 1.81. The van der Waals surface area contributed by atoms with Crippen molar-refractivity contribution in [2.24, 2.45) is 7.05 Å². The molecule has 0 spiro atoms. The minimum Gasteiger partial charge on any atom is -0.481 e. The number of carboxylic acids is 1. The summed E-state index contributed by atoms with van der Waals surface area (Å²) in [4.78, 5) is 15.6. The summed E-state index contributed by atoms with van der Waals surface area (Å²) in [6.45, 7) is 2.19. The highest BCUT2D eigenvalue weighted by atomic mass is 32.1. The second-order valence-corrected chi connectivity index (χ2v) is 5.09. The summed E-state index contributed by atoms with van der Waals surface area (Å²) in [7, 11) is 3.37. The largest absolute Gasteiger partial charge is 0.481 e. The lowest BCUT2D eigenvalue weighted by Crippen LogP contribution is -2.02. The van der Waals surface area contributed by atoms with Crippen molar-refractivity contribution in [3.63, 3.8) is 0 Å². The van der Waals surface area contributed by atoms with Gasteiger partial charge in [0.1, 0.15) is 0 Å². The Morgan fingerprint density at radius 2 is 2.37 bits per heavy atom. The maximum Gasteiger partial charge on any atom is 0.355 e. The van der Waals surface area contributed by atoms with Crippen LogP contribution in [0, 0.1) is 6.92 Å². The Morgan fingerprint density at radius 1 is 1.63 bits per heavy atom. The van der Waals surface area contributed by atoms with Gasteiger partial charge >= 0.3 is 5.97 Å². The van der Waals surface area contributed by atoms with Gasteiger partial charge in [0.05, 0.1) is 19.3 Å². The summed E-state index contributed by atoms with van der Waals surface area (Å²) in [5.74, 6) is -0.348. The lowest BCUT2D eigenvalue weighted by molar-refractivity contribution is 0.0690. The Kier molecular flexibility index (Phi) is 3.70. The fourth-order valence-electron chi connectivity index (χ4n) is 1.62. The standard InChI is InChI=1S/C11H14N4O3S/c1-6-9(10(16)17)13-11(19-6)12-5-7-4-8(18-3)15(2)14-7/h4H,5H2,1-3H3,(H,12,13)(H,16,17). The van der Waals surface area contributed by atoms with Crippen LogP contribution in [0.2, 0.25) is 0 Å². The molecule has 0 fully saturated rings. The van der Waals surface area contributed by atoms with E-state index in [1.165, 1.54) is 11.3 Å². The second kappa shape index (κ2) is 5.27. The number of hydrogen-bond acceptors (Lipinski definition) is 6. The number of ether oxygens (including phenoxy) is 1. The van der Waals surface area contributed by atoms with Crippen LogP contribution in [-0.4, -0.2) is 33.0 Å². The number of thiazole rings is 1. The van der Waals surface area contributed by atoms with Crippen molar-refractivity contribution in [2.75, 3.05) is 12.4 Å². The summed E-state index contributed by atoms with van der Waals surface area (Å²) in [6.07, 6.45) is 0. The lowest BCUT2D eigenvalue weighted by atomic mass is 10.4. The Balaban J connectivity index is 2.05. The van der Waals surface area contributed by atoms with E-state index in [1.807, 2.05) is 6.07 Å². The van der Waals surface area contributed by atoms with Gasteiger partial charge in [0, 0.05) is 18.0 Å². The van der Waals surface area contributed by atoms with Crippen LogP contribution in [0.15, 0.2) is 6.07 Å². The van der Waals surface area contributed by atoms with E-state index in [4.69, 9.17) is 9.84 Å². The molecule has 2 rings (SSSR count). The van der Waals surface area contributed by atoms with Crippen molar-refractivity contribution in [2.45, 2.75) is 13.5 Å². The first-order valence-electron chi connectivity index (χ1n) is 5.52. The minimum absolute atomic E-state index is 0.0890. The number of aromatic carboxylic acids is 1. The van der Waals surface area contributed by atoms with Crippen LogP contribution in [-0.2, 0) is 13.6 Å². The summed E-state index contributed by atoms with van der Waals surface area (Å²) < 4.78 is 6.75. The first-order chi connectivity index (χ1) is 9.01. The number of anilines is 1. The molecule has 0 aromatic carbocycles. The maximum atomic E-state index is 10.9. The molecule has 0 aliphatic rings. The first kappa shape index (κ1) is 13.3. The van der Waals surface area contributed by atoms with Crippen molar-refractivity contribution in [1.29, 1.82) is 0 Å². The van der Waals surface area contributed by atoms with Crippen LogP contribution < -0.4 is 10.1 Å². The van der Waals surface area contributed by atoms with Gasteiger partial charge < -0.3 is 15.2 Å². The minimum atomic E-state index is -1.01. The monoisotopic (exact) mass is 282 g/mol. The van der Waals surface area contributed by atoms with Gasteiger partial charge in [-0.05, 0) is 6.92 Å². The molecule has 0 amide bonds. The van der Waals surface area contributed by atoms with E-state index in [2.05, 4.69) is 15.4 Å². The smallest absolute Gasteiger partial charge is 0.355 e. The fraction of sp³-hybridized carbons (Fsp3) is 0.364. The first-order valence-corrected chi connectivity index (χ1v) is 6.34. The highest BCUT2D eigenvalue weighted by Crippen LogP contribution is 2.22. The third-order valence-corrected chi connectivity index (χ3v) is 3.45. The van der Waals surface area contributed by atoms with E-state index in [9.17, 15) is 4.79 Å². The number of aromatic nitrogens is 3. The Bertz CT molecular complexity index is 605. The van der Waals surface area contributed by atoms with E-state index in [0.29, 0.717) is 22.4 Å². The van der Waals surface area contributed by atoms with Crippen molar-refractivity contribution in [3.8, 4) is 5.88 Å². The van der Waals surface area contributed by atoms with Crippen LogP contribution in [0.4, 0.5) is 5.13 Å². The number of carboxylic acid groups (broad SMARTS) is 1. The van der Waals surface area contributed by atoms with E-state index in [-0.39, 0.29) is 5.69 Å². The highest BCUT2D eigenvalue weighted by molar-refractivity contribution is 7.15. The molecular formula is C11H14N4O3S. The molecule has 2 heterocycles. The maximum absolute atomic E-state index is 10.9. The zero-order chi connectivity index (χ0) is 14.0. The molecule has 0 saturated carbocycles. The van der Waals surface area contributed by atoms with E-state index >= 15 is 0 Å². The third-order valence-electron chi connectivity index (χ3n) is 2.52. The molecule has 7 nitrogen and oxygen atoms in total. The highest BCUT2D eigenvalue weighted by Gasteiger charge is 2.14. The SMILES string of the molecule is COc1cc(CNc2nc(C(=O)O)c(C)s2)nn1C. The van der Waals surface area contributed by atoms with Crippen molar-refractivity contribution in [3.05, 3.63) is 22.3 Å². The normalized spacial score (nSPS) is 10.5. The average molecular weight is 282 g/mol. The number of hydrogen-bond donors (Lipinski definition) is 2. The van der Waals surface area contributed by atoms with Crippen LogP contribution in [0.3, 0.4) is 0 Å². The Hall–Kier alpha value is -2.09. The van der Waals surface area contributed by atoms with Gasteiger partial charge in [-0.1, -0.05) is 0 Å². The van der Waals surface area contributed by atoms with Crippen molar-refractivity contribution < 1.29 is 14.6 Å². The molecule has 0 saturated heterocycles. The van der Waals surface area contributed by atoms with Gasteiger partial charge in [0.15, 0.2) is 10.8 Å². The van der Waals surface area contributed by atoms with E-state index < -0.39 is 5.97 Å². The van der Waals surface area contributed by atoms with Crippen LogP contribution in [0.1, 0.15) is 21.1 Å². The van der Waals surface area contributed by atoms with Crippen LogP contribution in [0.25, 0.3) is 0 Å². The molecule has 0 unspecified atom stereocenters. The molecule has 8 heteroatoms. The molecule has 0 aliphatic carbocycles. The molecule has 102 valence electrons. The number of nitrogens with zero attached hydrogens (tertiary/aromatic N) is 3. The molecule has 2 aromatic rings. The molecule has 0 bridgehead atoms. The number of rotatable bonds is 5. The molecule has 0 aliphatic heterocycles. The van der Waals surface area contributed by atoms with E-state index in [1.54, 1.807) is 25.8 Å². The van der Waals surface area contributed by atoms with Gasteiger partial charge in [-0.3, -0.25) is 0 Å². The van der Waals surface area contributed by atoms with Gasteiger partial charge in [-0.25, -0.2) is 14.5 Å². The summed E-state index contributed by atoms with van der Waals surface area (Å²) in [5, 5.41) is 16.8. The molecular weight excluding hydrogens is 268 g/mol. The predicted octanol–water partition coefficient (Wildman–Crippen LogP) is 1.50. The van der Waals surface area contributed by atoms with Gasteiger partial charge in [0.2, 0.25) is 5.88 Å². The number of methoxy groups -OCH3 is 1. The van der Waals surface area contributed by atoms with Crippen molar-refractivity contribution in [1.82, 2.24) is 14.8 Å². The predicted molar refractivity (Wildman–Crippen MR) is 70.9 cm³/mol. The molecule has 2 N–H and O–H groups in total. The molecule has 19 heavy (non-hydrogen) atoms. The third kappa shape index (κ3) is 2.84. The van der Waals surface area contributed by atoms with Gasteiger partial charge in [-0.2, -0.15) is 5.10 Å². The zero-order valence-electron chi connectivity index (χ0n) is 10.8. The number of carbonyl (C=O) groups is 1. The number of aryl methyl sites for hydroxylation is 2. The second-order valence-electron chi connectivity index (χ2n) is 3.88. The topological polar surface area (TPSA) is 89.3 Å². The fourth-order valence-corrected chi connectivity index (χ4v) is 2.42. The molecule has 0 atom stereocenters. The van der Waals surface area contributed by atoms with Crippen molar-refractivity contribution >= 4 is 22.4 Å². The Labute approximate surface area is 113 Å². The van der Waals surface area contributed by atoms with Crippen LogP contribution >= 0.6 is 11.3 Å². The summed E-state index contributed by atoms with van der Waals surface area (Å²) >= 11 is 1.31. The average Bonchev–Trinajstić information content (AvgIpc) is 2.89. The zero-order valence-corrected chi connectivity index (χ0v) is 11.6. The quantitative estimate of drug-likeness (QED) is 0.864. The molecule has 0 radical (unpaired) electrons. The van der Waals surface area contributed by atoms with Gasteiger partial charge in [0.25, 0.3) is 0 Å². The summed E-state index contributed by atoms with van der Waals surface area (Å²) in [5.41, 5.74) is 0.884. The van der Waals surface area contributed by atoms with Gasteiger partial charge in [-0.15, -0.1) is 11.3 Å². The van der Waals surface area contributed by atoms with E-state index in [0.717, 1.165) is 5.69 Å². The lowest BCUT2D eigenvalue weighted by Gasteiger charge is -1.97. The number of nitrogens with one attached hydrogen (secondary N) is 1. The Morgan fingerprint density at radius 3 is 2.89 bits per heavy atom.